The summed E-state index contributed by atoms with van der Waals surface area (Å²) < 4.78 is 13.2. The molecule has 1 aliphatic heterocycles. The van der Waals surface area contributed by atoms with Crippen molar-refractivity contribution >= 4 is 60.2 Å². The molecule has 1 heterocycles. The van der Waals surface area contributed by atoms with Crippen LogP contribution in [-0.2, 0) is 0 Å². The van der Waals surface area contributed by atoms with Crippen LogP contribution in [0.1, 0.15) is 0 Å². The average Bonchev–Trinajstić information content (AvgIpc) is 3.32. The van der Waals surface area contributed by atoms with Gasteiger partial charge in [0.15, 0.2) is 11.5 Å². The Bertz CT molecular complexity index is 2720. The van der Waals surface area contributed by atoms with Gasteiger partial charge in [-0.05, 0) is 85.9 Å². The van der Waals surface area contributed by atoms with Gasteiger partial charge in [-0.1, -0.05) is 127 Å². The molecule has 0 fully saturated rings. The van der Waals surface area contributed by atoms with Crippen LogP contribution in [0.15, 0.2) is 176 Å². The summed E-state index contributed by atoms with van der Waals surface area (Å²) in [5, 5.41) is 9.34. The fourth-order valence-electron chi connectivity index (χ4n) is 7.39. The fraction of sp³-hybridized carbons (Fsp3) is 0. The molecule has 1 aliphatic rings. The minimum atomic E-state index is 0.670. The Balaban J connectivity index is 1.17. The zero-order valence-electron chi connectivity index (χ0n) is 26.5. The van der Waals surface area contributed by atoms with Gasteiger partial charge in [0, 0.05) is 17.1 Å². The Morgan fingerprint density at radius 1 is 0.347 bits per heavy atom. The first-order valence-corrected chi connectivity index (χ1v) is 16.6. The average molecular weight is 628 g/mol. The second kappa shape index (κ2) is 11.0. The second-order valence-corrected chi connectivity index (χ2v) is 12.5. The van der Waals surface area contributed by atoms with Gasteiger partial charge < -0.3 is 14.4 Å². The third-order valence-electron chi connectivity index (χ3n) is 9.67. The highest BCUT2D eigenvalue weighted by Gasteiger charge is 2.23. The van der Waals surface area contributed by atoms with Crippen LogP contribution in [-0.4, -0.2) is 0 Å². The molecule has 0 unspecified atom stereocenters. The predicted molar refractivity (Wildman–Crippen MR) is 203 cm³/mol. The normalized spacial score (nSPS) is 12.0. The fourth-order valence-corrected chi connectivity index (χ4v) is 7.39. The van der Waals surface area contributed by atoms with Crippen LogP contribution in [0.4, 0.5) is 17.1 Å². The van der Waals surface area contributed by atoms with Crippen molar-refractivity contribution in [3.63, 3.8) is 0 Å². The van der Waals surface area contributed by atoms with E-state index in [4.69, 9.17) is 9.47 Å². The minimum absolute atomic E-state index is 0.670. The molecular weight excluding hydrogens is 599 g/mol. The maximum Gasteiger partial charge on any atom is 0.172 e. The van der Waals surface area contributed by atoms with E-state index in [-0.39, 0.29) is 0 Å². The number of ether oxygens (including phenoxy) is 2. The number of anilines is 3. The van der Waals surface area contributed by atoms with E-state index in [2.05, 4.69) is 150 Å². The molecule has 0 spiro atoms. The number of nitrogens with zero attached hydrogens (tertiary/aromatic N) is 1. The van der Waals surface area contributed by atoms with Crippen molar-refractivity contribution in [3.05, 3.63) is 176 Å². The number of benzene rings is 9. The van der Waals surface area contributed by atoms with Crippen molar-refractivity contribution < 1.29 is 9.47 Å². The zero-order chi connectivity index (χ0) is 32.3. The van der Waals surface area contributed by atoms with Crippen molar-refractivity contribution in [2.45, 2.75) is 0 Å². The highest BCUT2D eigenvalue weighted by molar-refractivity contribution is 6.14. The molecule has 0 atom stereocenters. The van der Waals surface area contributed by atoms with Gasteiger partial charge in [0.05, 0.1) is 16.8 Å². The Morgan fingerprint density at radius 2 is 0.939 bits per heavy atom. The molecule has 0 bridgehead atoms. The summed E-state index contributed by atoms with van der Waals surface area (Å²) in [4.78, 5) is 2.34. The van der Waals surface area contributed by atoms with Crippen LogP contribution in [0, 0.1) is 0 Å². The lowest BCUT2D eigenvalue weighted by Crippen LogP contribution is -2.11. The topological polar surface area (TPSA) is 21.7 Å². The predicted octanol–water partition coefficient (Wildman–Crippen LogP) is 13.3. The van der Waals surface area contributed by atoms with Crippen LogP contribution < -0.4 is 14.4 Å². The largest absolute Gasteiger partial charge is 0.453 e. The van der Waals surface area contributed by atoms with Crippen LogP contribution in [0.25, 0.3) is 54.2 Å². The van der Waals surface area contributed by atoms with E-state index in [1.54, 1.807) is 0 Å². The van der Waals surface area contributed by atoms with Gasteiger partial charge >= 0.3 is 0 Å². The van der Waals surface area contributed by atoms with Gasteiger partial charge in [-0.25, -0.2) is 0 Å². The molecule has 0 N–H and O–H groups in total. The lowest BCUT2D eigenvalue weighted by atomic mass is 9.97. The van der Waals surface area contributed by atoms with Gasteiger partial charge in [0.2, 0.25) is 0 Å². The molecule has 0 radical (unpaired) electrons. The van der Waals surface area contributed by atoms with E-state index in [0.717, 1.165) is 39.3 Å². The van der Waals surface area contributed by atoms with Crippen molar-refractivity contribution in [2.24, 2.45) is 0 Å². The first-order chi connectivity index (χ1) is 24.3. The SMILES string of the molecule is c1ccc2c(-c3ccc(N(c4ccc5c(c4)Oc4cccc6cccc(c46)O5)c4cc5ccccc5c5ccccc45)cc3)cccc2c1. The molecule has 10 rings (SSSR count). The molecule has 9 aromatic carbocycles. The molecule has 0 saturated heterocycles. The molecular formula is C46H29NO2. The molecule has 0 aliphatic carbocycles. The number of rotatable bonds is 4. The maximum atomic E-state index is 6.66. The highest BCUT2D eigenvalue weighted by Crippen LogP contribution is 2.49. The van der Waals surface area contributed by atoms with Crippen molar-refractivity contribution in [3.8, 4) is 34.1 Å². The Morgan fingerprint density at radius 3 is 1.73 bits per heavy atom. The molecule has 49 heavy (non-hydrogen) atoms. The first kappa shape index (κ1) is 27.5. The third-order valence-corrected chi connectivity index (χ3v) is 9.67. The summed E-state index contributed by atoms with van der Waals surface area (Å²) >= 11 is 0. The highest BCUT2D eigenvalue weighted by atomic mass is 16.5. The van der Waals surface area contributed by atoms with Crippen molar-refractivity contribution in [1.82, 2.24) is 0 Å². The Kier molecular flexibility index (Phi) is 6.18. The first-order valence-electron chi connectivity index (χ1n) is 16.6. The summed E-state index contributed by atoms with van der Waals surface area (Å²) in [5.74, 6) is 2.93. The van der Waals surface area contributed by atoms with E-state index in [1.165, 1.54) is 43.4 Å². The zero-order valence-corrected chi connectivity index (χ0v) is 26.5. The Hall–Kier alpha value is -6.58. The quantitative estimate of drug-likeness (QED) is 0.181. The summed E-state index contributed by atoms with van der Waals surface area (Å²) in [7, 11) is 0. The van der Waals surface area contributed by atoms with E-state index < -0.39 is 0 Å². The molecule has 3 heteroatoms. The standard InChI is InChI=1S/C46H29NO2/c1-3-15-36-30(10-1)12-7-19-37(36)31-22-24-34(25-23-31)47(41-28-33-11-2-4-16-38(33)39-17-5-6-18-40(39)41)35-26-27-42-45(29-35)49-44-21-9-14-32-13-8-20-43(48-42)46(32)44/h1-29H. The molecule has 0 aromatic heterocycles. The van der Waals surface area contributed by atoms with E-state index in [1.807, 2.05) is 30.3 Å². The number of fused-ring (bicyclic) bond motifs is 5. The second-order valence-electron chi connectivity index (χ2n) is 12.5. The van der Waals surface area contributed by atoms with E-state index in [9.17, 15) is 0 Å². The summed E-state index contributed by atoms with van der Waals surface area (Å²) in [5.41, 5.74) is 5.50. The molecule has 0 amide bonds. The van der Waals surface area contributed by atoms with Gasteiger partial charge in [-0.15, -0.1) is 0 Å². The lowest BCUT2D eigenvalue weighted by Gasteiger charge is -2.28. The van der Waals surface area contributed by atoms with E-state index in [0.29, 0.717) is 11.5 Å². The molecule has 0 saturated carbocycles. The maximum absolute atomic E-state index is 6.66. The number of hydrogen-bond acceptors (Lipinski definition) is 3. The molecule has 230 valence electrons. The smallest absolute Gasteiger partial charge is 0.172 e. The van der Waals surface area contributed by atoms with Crippen LogP contribution >= 0.6 is 0 Å². The molecule has 9 aromatic rings. The summed E-state index contributed by atoms with van der Waals surface area (Å²) in [6.45, 7) is 0. The van der Waals surface area contributed by atoms with Gasteiger partial charge in [-0.3, -0.25) is 0 Å². The van der Waals surface area contributed by atoms with E-state index >= 15 is 0 Å². The Labute approximate surface area is 283 Å². The van der Waals surface area contributed by atoms with Crippen LogP contribution in [0.2, 0.25) is 0 Å². The third kappa shape index (κ3) is 4.51. The van der Waals surface area contributed by atoms with Gasteiger partial charge in [-0.2, -0.15) is 0 Å². The number of hydrogen-bond donors (Lipinski definition) is 0. The summed E-state index contributed by atoms with van der Waals surface area (Å²) in [6, 6.07) is 62.1. The van der Waals surface area contributed by atoms with Gasteiger partial charge in [0.1, 0.15) is 11.5 Å². The minimum Gasteiger partial charge on any atom is -0.453 e. The van der Waals surface area contributed by atoms with Crippen LogP contribution in [0.5, 0.6) is 23.0 Å². The monoisotopic (exact) mass is 627 g/mol. The van der Waals surface area contributed by atoms with Crippen LogP contribution in [0.3, 0.4) is 0 Å². The molecule has 3 nitrogen and oxygen atoms in total. The summed E-state index contributed by atoms with van der Waals surface area (Å²) in [6.07, 6.45) is 0. The van der Waals surface area contributed by atoms with Crippen molar-refractivity contribution in [1.29, 1.82) is 0 Å². The van der Waals surface area contributed by atoms with Crippen molar-refractivity contribution in [2.75, 3.05) is 4.90 Å². The van der Waals surface area contributed by atoms with Gasteiger partial charge in [0.25, 0.3) is 0 Å². The lowest BCUT2D eigenvalue weighted by molar-refractivity contribution is 0.439.